The molecule has 5 saturated carbocycles. The molecule has 5 aliphatic rings. The summed E-state index contributed by atoms with van der Waals surface area (Å²) in [4.78, 5) is 13.5. The standard InChI is InChI=1S/C28H35FN2O2/c1-27-10-8-18-19-9-11-28(33)13-24(28)21(19)5-4-20(18)22(27)6-7-23(27)26(32)15-31-14-16-2-3-17(29)12-25(16)30-31/h2-3,12,14,18-24,33H,4-11,13,15H2,1H3. The van der Waals surface area contributed by atoms with Crippen molar-refractivity contribution < 1.29 is 14.3 Å². The SMILES string of the molecule is CC12CCC3C4CCC5(O)CC5C4CCC3C1CCC2C(=O)Cn1cc2ccc(F)cc2n1. The second-order valence-corrected chi connectivity index (χ2v) is 12.5. The van der Waals surface area contributed by atoms with Crippen LogP contribution in [0.4, 0.5) is 4.39 Å². The topological polar surface area (TPSA) is 55.1 Å². The molecule has 7 rings (SSSR count). The molecule has 9 atom stereocenters. The van der Waals surface area contributed by atoms with Crippen molar-refractivity contribution in [1.29, 1.82) is 0 Å². The van der Waals surface area contributed by atoms with E-state index in [4.69, 9.17) is 0 Å². The van der Waals surface area contributed by atoms with Crippen molar-refractivity contribution in [2.75, 3.05) is 0 Å². The van der Waals surface area contributed by atoms with Crippen molar-refractivity contribution in [2.24, 2.45) is 46.8 Å². The minimum Gasteiger partial charge on any atom is -0.390 e. The van der Waals surface area contributed by atoms with E-state index in [0.717, 1.165) is 48.3 Å². The van der Waals surface area contributed by atoms with Crippen molar-refractivity contribution in [3.05, 3.63) is 30.2 Å². The van der Waals surface area contributed by atoms with E-state index in [1.807, 2.05) is 6.20 Å². The second kappa shape index (κ2) is 6.90. The van der Waals surface area contributed by atoms with E-state index in [2.05, 4.69) is 12.0 Å². The van der Waals surface area contributed by atoms with Gasteiger partial charge in [0.15, 0.2) is 5.78 Å². The van der Waals surface area contributed by atoms with Gasteiger partial charge in [-0.25, -0.2) is 4.39 Å². The van der Waals surface area contributed by atoms with Crippen LogP contribution in [0, 0.1) is 52.7 Å². The van der Waals surface area contributed by atoms with E-state index in [1.54, 1.807) is 10.7 Å². The molecule has 33 heavy (non-hydrogen) atoms. The fourth-order valence-corrected chi connectivity index (χ4v) is 9.60. The number of rotatable bonds is 3. The molecule has 176 valence electrons. The smallest absolute Gasteiger partial charge is 0.157 e. The number of Topliss-reactive ketones (excluding diaryl/α,β-unsaturated/α-hetero) is 1. The van der Waals surface area contributed by atoms with E-state index < -0.39 is 0 Å². The number of carbonyl (C=O) groups excluding carboxylic acids is 1. The van der Waals surface area contributed by atoms with Gasteiger partial charge in [0.1, 0.15) is 5.82 Å². The molecule has 1 N–H and O–H groups in total. The number of carbonyl (C=O) groups is 1. The van der Waals surface area contributed by atoms with E-state index in [-0.39, 0.29) is 22.8 Å². The highest BCUT2D eigenvalue weighted by molar-refractivity contribution is 5.83. The van der Waals surface area contributed by atoms with Crippen LogP contribution >= 0.6 is 0 Å². The Morgan fingerprint density at radius 2 is 1.82 bits per heavy atom. The zero-order valence-corrected chi connectivity index (χ0v) is 19.5. The van der Waals surface area contributed by atoms with Crippen LogP contribution in [-0.2, 0) is 11.3 Å². The Kier molecular flexibility index (Phi) is 4.31. The van der Waals surface area contributed by atoms with Gasteiger partial charge < -0.3 is 5.11 Å². The number of nitrogens with zero attached hydrogens (tertiary/aromatic N) is 2. The number of ketones is 1. The van der Waals surface area contributed by atoms with Gasteiger partial charge in [-0.2, -0.15) is 5.10 Å². The van der Waals surface area contributed by atoms with Gasteiger partial charge in [-0.1, -0.05) is 6.92 Å². The monoisotopic (exact) mass is 450 g/mol. The highest BCUT2D eigenvalue weighted by atomic mass is 19.1. The van der Waals surface area contributed by atoms with Crippen molar-refractivity contribution >= 4 is 16.7 Å². The van der Waals surface area contributed by atoms with Crippen LogP contribution in [0.5, 0.6) is 0 Å². The predicted molar refractivity (Wildman–Crippen MR) is 124 cm³/mol. The molecule has 4 nitrogen and oxygen atoms in total. The fourth-order valence-electron chi connectivity index (χ4n) is 9.60. The van der Waals surface area contributed by atoms with Crippen molar-refractivity contribution in [2.45, 2.75) is 76.9 Å². The van der Waals surface area contributed by atoms with Gasteiger partial charge in [0, 0.05) is 23.6 Å². The molecule has 1 heterocycles. The molecule has 0 aliphatic heterocycles. The van der Waals surface area contributed by atoms with Crippen LogP contribution < -0.4 is 0 Å². The lowest BCUT2D eigenvalue weighted by molar-refractivity contribution is -0.131. The Hall–Kier alpha value is -1.75. The van der Waals surface area contributed by atoms with Crippen molar-refractivity contribution in [3.8, 4) is 0 Å². The summed E-state index contributed by atoms with van der Waals surface area (Å²) in [5.74, 6) is 4.53. The lowest BCUT2D eigenvalue weighted by Gasteiger charge is -2.56. The maximum atomic E-state index is 13.5. The summed E-state index contributed by atoms with van der Waals surface area (Å²) >= 11 is 0. The number of aliphatic hydroxyl groups is 1. The molecule has 0 bridgehead atoms. The molecule has 5 aliphatic carbocycles. The molecule has 9 unspecified atom stereocenters. The van der Waals surface area contributed by atoms with Crippen molar-refractivity contribution in [1.82, 2.24) is 9.78 Å². The number of halogens is 1. The normalized spacial score (nSPS) is 45.7. The number of hydrogen-bond donors (Lipinski definition) is 1. The van der Waals surface area contributed by atoms with Crippen LogP contribution in [-0.4, -0.2) is 26.3 Å². The van der Waals surface area contributed by atoms with Crippen molar-refractivity contribution in [3.63, 3.8) is 0 Å². The Labute approximate surface area is 194 Å². The van der Waals surface area contributed by atoms with Gasteiger partial charge in [0.05, 0.1) is 17.7 Å². The molecule has 5 heteroatoms. The molecule has 0 radical (unpaired) electrons. The van der Waals surface area contributed by atoms with E-state index in [9.17, 15) is 14.3 Å². The molecule has 1 aromatic heterocycles. The molecule has 1 aromatic carbocycles. The number of hydrogen-bond acceptors (Lipinski definition) is 3. The zero-order valence-electron chi connectivity index (χ0n) is 19.5. The average molecular weight is 451 g/mol. The van der Waals surface area contributed by atoms with Gasteiger partial charge >= 0.3 is 0 Å². The average Bonchev–Trinajstić information content (AvgIpc) is 3.14. The number of benzene rings is 1. The van der Waals surface area contributed by atoms with Gasteiger partial charge in [-0.15, -0.1) is 0 Å². The van der Waals surface area contributed by atoms with Crippen LogP contribution in [0.25, 0.3) is 10.9 Å². The van der Waals surface area contributed by atoms with E-state index in [0.29, 0.717) is 29.7 Å². The Morgan fingerprint density at radius 1 is 1.06 bits per heavy atom. The summed E-state index contributed by atoms with van der Waals surface area (Å²) < 4.78 is 15.3. The summed E-state index contributed by atoms with van der Waals surface area (Å²) in [6, 6.07) is 4.62. The zero-order chi connectivity index (χ0) is 22.5. The number of fused-ring (bicyclic) bond motifs is 8. The number of aromatic nitrogens is 2. The lowest BCUT2D eigenvalue weighted by Crippen LogP contribution is -2.50. The first kappa shape index (κ1) is 20.6. The van der Waals surface area contributed by atoms with Crippen LogP contribution in [0.3, 0.4) is 0 Å². The Balaban J connectivity index is 1.09. The summed E-state index contributed by atoms with van der Waals surface area (Å²) in [5, 5.41) is 16.0. The summed E-state index contributed by atoms with van der Waals surface area (Å²) in [7, 11) is 0. The van der Waals surface area contributed by atoms with Gasteiger partial charge in [-0.3, -0.25) is 9.48 Å². The van der Waals surface area contributed by atoms with Gasteiger partial charge in [0.25, 0.3) is 0 Å². The quantitative estimate of drug-likeness (QED) is 0.684. The third-order valence-electron chi connectivity index (χ3n) is 11.2. The van der Waals surface area contributed by atoms with Crippen LogP contribution in [0.15, 0.2) is 24.4 Å². The minimum absolute atomic E-state index is 0.110. The second-order valence-electron chi connectivity index (χ2n) is 12.5. The third-order valence-corrected chi connectivity index (χ3v) is 11.2. The van der Waals surface area contributed by atoms with Gasteiger partial charge in [0.2, 0.25) is 0 Å². The largest absolute Gasteiger partial charge is 0.390 e. The molecule has 0 amide bonds. The summed E-state index contributed by atoms with van der Waals surface area (Å²) in [6.45, 7) is 2.70. The van der Waals surface area contributed by atoms with E-state index in [1.165, 1.54) is 50.7 Å². The highest BCUT2D eigenvalue weighted by Gasteiger charge is 2.65. The first-order valence-electron chi connectivity index (χ1n) is 13.2. The maximum absolute atomic E-state index is 13.5. The van der Waals surface area contributed by atoms with E-state index >= 15 is 0 Å². The fraction of sp³-hybridized carbons (Fsp3) is 0.714. The summed E-state index contributed by atoms with van der Waals surface area (Å²) in [6.07, 6.45) is 12.4. The first-order chi connectivity index (χ1) is 15.9. The first-order valence-corrected chi connectivity index (χ1v) is 13.2. The molecule has 5 fully saturated rings. The highest BCUT2D eigenvalue weighted by Crippen LogP contribution is 2.68. The Morgan fingerprint density at radius 3 is 2.64 bits per heavy atom. The predicted octanol–water partition coefficient (Wildman–Crippen LogP) is 5.37. The maximum Gasteiger partial charge on any atom is 0.157 e. The lowest BCUT2D eigenvalue weighted by atomic mass is 9.49. The Bertz CT molecular complexity index is 1130. The minimum atomic E-state index is -0.300. The molecule has 2 aromatic rings. The third kappa shape index (κ3) is 2.96. The van der Waals surface area contributed by atoms with Crippen LogP contribution in [0.2, 0.25) is 0 Å². The summed E-state index contributed by atoms with van der Waals surface area (Å²) in [5.41, 5.74) is 0.426. The molecule has 0 saturated heterocycles. The van der Waals surface area contributed by atoms with Crippen LogP contribution in [0.1, 0.15) is 64.7 Å². The molecule has 0 spiro atoms. The molecular formula is C28H35FN2O2. The molecular weight excluding hydrogens is 415 g/mol. The van der Waals surface area contributed by atoms with Gasteiger partial charge in [-0.05, 0) is 111 Å².